The van der Waals surface area contributed by atoms with Gasteiger partial charge in [-0.05, 0) is 73.3 Å². The quantitative estimate of drug-likeness (QED) is 0.606. The Balaban J connectivity index is 0.000000146. The molecule has 0 aromatic heterocycles. The van der Waals surface area contributed by atoms with E-state index in [2.05, 4.69) is 0 Å². The highest BCUT2D eigenvalue weighted by molar-refractivity contribution is 6.33. The van der Waals surface area contributed by atoms with Gasteiger partial charge in [0.15, 0.2) is 11.6 Å². The number of anilines is 2. The van der Waals surface area contributed by atoms with Gasteiger partial charge in [0.2, 0.25) is 0 Å². The van der Waals surface area contributed by atoms with Crippen LogP contribution in [-0.4, -0.2) is 0 Å². The normalized spacial score (nSPS) is 16.4. The van der Waals surface area contributed by atoms with Gasteiger partial charge in [0.1, 0.15) is 0 Å². The molecule has 4 rings (SSSR count). The second-order valence-corrected chi connectivity index (χ2v) is 7.54. The van der Waals surface area contributed by atoms with Gasteiger partial charge in [-0.3, -0.25) is 0 Å². The van der Waals surface area contributed by atoms with Gasteiger partial charge in [-0.1, -0.05) is 29.3 Å². The lowest BCUT2D eigenvalue weighted by Crippen LogP contribution is -1.99. The van der Waals surface area contributed by atoms with Crippen LogP contribution in [0.3, 0.4) is 0 Å². The predicted octanol–water partition coefficient (Wildman–Crippen LogP) is 6.19. The molecular weight excluding hydrogens is 365 g/mol. The molecule has 0 heterocycles. The van der Waals surface area contributed by atoms with Gasteiger partial charge in [0.25, 0.3) is 0 Å². The minimum absolute atomic E-state index is 0.0843. The molecule has 4 N–H and O–H groups in total. The number of halogens is 4. The van der Waals surface area contributed by atoms with Crippen molar-refractivity contribution in [3.63, 3.8) is 0 Å². The van der Waals surface area contributed by atoms with Crippen LogP contribution in [0.4, 0.5) is 20.2 Å². The largest absolute Gasteiger partial charge is 0.395 e. The lowest BCUT2D eigenvalue weighted by molar-refractivity contribution is 0.613. The molecule has 2 fully saturated rings. The van der Waals surface area contributed by atoms with Gasteiger partial charge in [0, 0.05) is 0 Å². The third kappa shape index (κ3) is 3.85. The summed E-state index contributed by atoms with van der Waals surface area (Å²) in [7, 11) is 0. The Kier molecular flexibility index (Phi) is 5.12. The van der Waals surface area contributed by atoms with Crippen LogP contribution in [0.2, 0.25) is 10.0 Å². The zero-order valence-corrected chi connectivity index (χ0v) is 15.4. The molecule has 0 unspecified atom stereocenters. The average molecular weight is 385 g/mol. The van der Waals surface area contributed by atoms with Crippen LogP contribution in [0.25, 0.3) is 0 Å². The van der Waals surface area contributed by atoms with Crippen LogP contribution in [-0.2, 0) is 0 Å². The lowest BCUT2D eigenvalue weighted by Gasteiger charge is -2.09. The molecule has 0 radical (unpaired) electrons. The van der Waals surface area contributed by atoms with Gasteiger partial charge in [0.05, 0.1) is 21.4 Å². The zero-order valence-electron chi connectivity index (χ0n) is 13.9. The molecule has 0 aliphatic heterocycles. The first-order valence-corrected chi connectivity index (χ1v) is 9.04. The van der Waals surface area contributed by atoms with Crippen LogP contribution in [0.5, 0.6) is 0 Å². The van der Waals surface area contributed by atoms with Crippen molar-refractivity contribution >= 4 is 34.6 Å². The number of rotatable bonds is 2. The van der Waals surface area contributed by atoms with E-state index in [9.17, 15) is 8.78 Å². The van der Waals surface area contributed by atoms with Gasteiger partial charge < -0.3 is 11.5 Å². The maximum Gasteiger partial charge on any atom is 0.151 e. The Labute approximate surface area is 156 Å². The van der Waals surface area contributed by atoms with E-state index in [4.69, 9.17) is 34.7 Å². The van der Waals surface area contributed by atoms with Gasteiger partial charge in [-0.2, -0.15) is 0 Å². The molecule has 25 heavy (non-hydrogen) atoms. The van der Waals surface area contributed by atoms with Crippen LogP contribution in [0.1, 0.15) is 54.2 Å². The van der Waals surface area contributed by atoms with E-state index < -0.39 is 0 Å². The smallest absolute Gasteiger partial charge is 0.151 e. The summed E-state index contributed by atoms with van der Waals surface area (Å²) in [5, 5.41) is 0.622. The average Bonchev–Trinajstić information content (AvgIpc) is 3.43. The highest BCUT2D eigenvalue weighted by Crippen LogP contribution is 2.45. The van der Waals surface area contributed by atoms with Crippen molar-refractivity contribution in [3.05, 3.63) is 56.6 Å². The summed E-state index contributed by atoms with van der Waals surface area (Å²) in [6, 6.07) is 5.13. The molecule has 134 valence electrons. The molecular formula is C19H20Cl2F2N2. The summed E-state index contributed by atoms with van der Waals surface area (Å²) in [6.45, 7) is 1.88. The second-order valence-electron chi connectivity index (χ2n) is 6.73. The van der Waals surface area contributed by atoms with E-state index in [1.54, 1.807) is 18.2 Å². The summed E-state index contributed by atoms with van der Waals surface area (Å²) >= 11 is 11.4. The van der Waals surface area contributed by atoms with E-state index in [0.29, 0.717) is 21.9 Å². The number of aryl methyl sites for hydroxylation is 1. The number of nitrogen functional groups attached to an aromatic ring is 2. The van der Waals surface area contributed by atoms with Crippen LogP contribution >= 0.6 is 23.2 Å². The summed E-state index contributed by atoms with van der Waals surface area (Å²) in [6.07, 6.45) is 4.27. The molecule has 6 heteroatoms. The molecule has 0 amide bonds. The summed E-state index contributed by atoms with van der Waals surface area (Å²) in [5.74, 6) is 0.113. The zero-order chi connectivity index (χ0) is 18.3. The van der Waals surface area contributed by atoms with Crippen LogP contribution in [0, 0.1) is 18.6 Å². The molecule has 0 spiro atoms. The van der Waals surface area contributed by atoms with E-state index in [-0.39, 0.29) is 23.0 Å². The maximum absolute atomic E-state index is 13.6. The Hall–Kier alpha value is -1.52. The minimum Gasteiger partial charge on any atom is -0.395 e. The molecule has 2 aliphatic rings. The topological polar surface area (TPSA) is 52.0 Å². The SMILES string of the molecule is Cc1cc(Cl)c(N)c(F)c1C1CC1.Nc1c(Cl)ccc(C2CC2)c1F. The number of hydrogen-bond donors (Lipinski definition) is 2. The van der Waals surface area contributed by atoms with Crippen molar-refractivity contribution in [1.82, 2.24) is 0 Å². The first-order chi connectivity index (χ1) is 11.8. The molecule has 2 aromatic carbocycles. The van der Waals surface area contributed by atoms with E-state index >= 15 is 0 Å². The van der Waals surface area contributed by atoms with Crippen molar-refractivity contribution < 1.29 is 8.78 Å². The fourth-order valence-corrected chi connectivity index (χ4v) is 3.33. The van der Waals surface area contributed by atoms with Crippen molar-refractivity contribution in [2.24, 2.45) is 0 Å². The third-order valence-electron chi connectivity index (χ3n) is 4.66. The number of benzene rings is 2. The summed E-state index contributed by atoms with van der Waals surface area (Å²) in [5.41, 5.74) is 13.5. The van der Waals surface area contributed by atoms with Gasteiger partial charge in [-0.25, -0.2) is 8.78 Å². The van der Waals surface area contributed by atoms with Crippen molar-refractivity contribution in [1.29, 1.82) is 0 Å². The molecule has 2 saturated carbocycles. The monoisotopic (exact) mass is 384 g/mol. The highest BCUT2D eigenvalue weighted by Gasteiger charge is 2.30. The van der Waals surface area contributed by atoms with Crippen LogP contribution in [0.15, 0.2) is 18.2 Å². The summed E-state index contributed by atoms with van der Waals surface area (Å²) in [4.78, 5) is 0. The number of hydrogen-bond acceptors (Lipinski definition) is 2. The fourth-order valence-electron chi connectivity index (χ4n) is 2.94. The van der Waals surface area contributed by atoms with Crippen molar-refractivity contribution in [2.75, 3.05) is 11.5 Å². The second kappa shape index (κ2) is 7.00. The third-order valence-corrected chi connectivity index (χ3v) is 5.30. The molecule has 0 bridgehead atoms. The van der Waals surface area contributed by atoms with Crippen LogP contribution < -0.4 is 11.5 Å². The Morgan fingerprint density at radius 1 is 0.880 bits per heavy atom. The predicted molar refractivity (Wildman–Crippen MR) is 100 cm³/mol. The maximum atomic E-state index is 13.6. The standard InChI is InChI=1S/C10H11ClFN.C9H9ClFN/c1-5-4-7(11)10(13)9(12)8(5)6-2-3-6;10-7-4-3-6(5-1-2-5)8(11)9(7)12/h4,6H,2-3,13H2,1H3;3-5H,1-2,12H2. The molecule has 0 atom stereocenters. The Morgan fingerprint density at radius 2 is 1.44 bits per heavy atom. The fraction of sp³-hybridized carbons (Fsp3) is 0.368. The molecule has 2 nitrogen and oxygen atoms in total. The minimum atomic E-state index is -0.329. The molecule has 2 aromatic rings. The van der Waals surface area contributed by atoms with E-state index in [1.807, 2.05) is 6.92 Å². The first kappa shape index (κ1) is 18.3. The lowest BCUT2D eigenvalue weighted by atomic mass is 10.0. The van der Waals surface area contributed by atoms with E-state index in [1.165, 1.54) is 0 Å². The number of nitrogens with two attached hydrogens (primary N) is 2. The molecule has 2 aliphatic carbocycles. The highest BCUT2D eigenvalue weighted by atomic mass is 35.5. The van der Waals surface area contributed by atoms with Gasteiger partial charge in [-0.15, -0.1) is 0 Å². The van der Waals surface area contributed by atoms with Crippen molar-refractivity contribution in [3.8, 4) is 0 Å². The van der Waals surface area contributed by atoms with E-state index in [0.717, 1.165) is 42.4 Å². The summed E-state index contributed by atoms with van der Waals surface area (Å²) < 4.78 is 26.9. The first-order valence-electron chi connectivity index (χ1n) is 8.28. The Bertz CT molecular complexity index is 816. The molecule has 0 saturated heterocycles. The Morgan fingerprint density at radius 3 is 2.00 bits per heavy atom. The van der Waals surface area contributed by atoms with Gasteiger partial charge >= 0.3 is 0 Å². The van der Waals surface area contributed by atoms with Crippen molar-refractivity contribution in [2.45, 2.75) is 44.4 Å².